The molecule has 1 aliphatic rings. The van der Waals surface area contributed by atoms with E-state index in [1.54, 1.807) is 0 Å². The van der Waals surface area contributed by atoms with Crippen LogP contribution in [0.25, 0.3) is 0 Å². The first-order valence-electron chi connectivity index (χ1n) is 2.03. The van der Waals surface area contributed by atoms with E-state index in [0.29, 0.717) is 0 Å². The molecule has 0 saturated heterocycles. The van der Waals surface area contributed by atoms with Crippen molar-refractivity contribution in [3.63, 3.8) is 0 Å². The van der Waals surface area contributed by atoms with Crippen LogP contribution in [0.1, 0.15) is 0 Å². The average molecular weight is 116 g/mol. The van der Waals surface area contributed by atoms with Gasteiger partial charge in [-0.1, -0.05) is 0 Å². The van der Waals surface area contributed by atoms with Crippen molar-refractivity contribution in [1.29, 1.82) is 0 Å². The summed E-state index contributed by atoms with van der Waals surface area (Å²) in [6.45, 7) is 0.274. The smallest absolute Gasteiger partial charge is 0.344 e. The largest absolute Gasteiger partial charge is 0.358 e. The molecule has 0 aliphatic carbocycles. The highest BCUT2D eigenvalue weighted by Gasteiger charge is 2.13. The number of hydrogen-bond donors (Lipinski definition) is 1. The lowest BCUT2D eigenvalue weighted by Crippen LogP contribution is -2.12. The van der Waals surface area contributed by atoms with Crippen molar-refractivity contribution in [2.75, 3.05) is 6.61 Å². The van der Waals surface area contributed by atoms with Gasteiger partial charge in [0.15, 0.2) is 0 Å². The molecule has 0 saturated carbocycles. The van der Waals surface area contributed by atoms with Gasteiger partial charge in [0.2, 0.25) is 0 Å². The van der Waals surface area contributed by atoms with E-state index in [2.05, 4.69) is 10.3 Å². The molecule has 0 aromatic rings. The summed E-state index contributed by atoms with van der Waals surface area (Å²) in [5.74, 6) is -0.0787. The molecule has 0 fully saturated rings. The summed E-state index contributed by atoms with van der Waals surface area (Å²) in [6.07, 6.45) is 1.36. The first-order chi connectivity index (χ1) is 3.80. The van der Waals surface area contributed by atoms with E-state index in [1.165, 1.54) is 6.08 Å². The molecule has 5 heteroatoms. The Kier molecular flexibility index (Phi) is 1.13. The highest BCUT2D eigenvalue weighted by atomic mass is 16.7. The maximum absolute atomic E-state index is 9.80. The molecular formula is C3H4N2O3. The summed E-state index contributed by atoms with van der Waals surface area (Å²) in [7, 11) is 0. The van der Waals surface area contributed by atoms with Gasteiger partial charge in [0.1, 0.15) is 6.61 Å². The molecule has 8 heavy (non-hydrogen) atoms. The zero-order valence-electron chi connectivity index (χ0n) is 3.96. The monoisotopic (exact) mass is 116 g/mol. The topological polar surface area (TPSA) is 64.4 Å². The maximum atomic E-state index is 9.80. The molecule has 0 aromatic heterocycles. The Hall–Kier alpha value is -1.10. The van der Waals surface area contributed by atoms with E-state index < -0.39 is 4.92 Å². The summed E-state index contributed by atoms with van der Waals surface area (Å²) < 4.78 is 0. The Morgan fingerprint density at radius 2 is 2.75 bits per heavy atom. The van der Waals surface area contributed by atoms with Gasteiger partial charge < -0.3 is 10.1 Å². The van der Waals surface area contributed by atoms with Crippen LogP contribution in [0.2, 0.25) is 0 Å². The van der Waals surface area contributed by atoms with Gasteiger partial charge in [-0.05, 0) is 4.92 Å². The van der Waals surface area contributed by atoms with Crippen LogP contribution in [0.3, 0.4) is 0 Å². The minimum Gasteiger partial charge on any atom is -0.358 e. The zero-order chi connectivity index (χ0) is 5.98. The van der Waals surface area contributed by atoms with E-state index in [9.17, 15) is 10.1 Å². The Bertz CT molecular complexity index is 141. The first-order valence-corrected chi connectivity index (χ1v) is 2.03. The quantitative estimate of drug-likeness (QED) is 0.375. The molecule has 1 aliphatic heterocycles. The van der Waals surface area contributed by atoms with Crippen LogP contribution in [-0.2, 0) is 4.84 Å². The molecule has 1 rings (SSSR count). The molecule has 44 valence electrons. The second kappa shape index (κ2) is 1.79. The normalized spacial score (nSPS) is 17.2. The molecule has 1 heterocycles. The molecule has 0 unspecified atom stereocenters. The summed E-state index contributed by atoms with van der Waals surface area (Å²) in [6, 6.07) is 0. The molecule has 5 nitrogen and oxygen atoms in total. The number of nitro groups is 1. The van der Waals surface area contributed by atoms with Crippen molar-refractivity contribution >= 4 is 0 Å². The summed E-state index contributed by atoms with van der Waals surface area (Å²) >= 11 is 0. The van der Waals surface area contributed by atoms with Gasteiger partial charge in [-0.3, -0.25) is 0 Å². The van der Waals surface area contributed by atoms with Crippen LogP contribution >= 0.6 is 0 Å². The van der Waals surface area contributed by atoms with Gasteiger partial charge in [0.25, 0.3) is 0 Å². The van der Waals surface area contributed by atoms with Gasteiger partial charge in [-0.15, -0.1) is 5.48 Å². The number of rotatable bonds is 1. The molecule has 0 radical (unpaired) electrons. The van der Waals surface area contributed by atoms with E-state index in [4.69, 9.17) is 0 Å². The van der Waals surface area contributed by atoms with Crippen molar-refractivity contribution in [1.82, 2.24) is 5.48 Å². The number of nitrogens with one attached hydrogen (secondary N) is 1. The van der Waals surface area contributed by atoms with Crippen LogP contribution < -0.4 is 5.48 Å². The van der Waals surface area contributed by atoms with Crippen LogP contribution in [0, 0.1) is 10.1 Å². The lowest BCUT2D eigenvalue weighted by atomic mass is 10.6. The molecule has 0 aromatic carbocycles. The summed E-state index contributed by atoms with van der Waals surface area (Å²) in [5.41, 5.74) is 2.12. The van der Waals surface area contributed by atoms with Crippen molar-refractivity contribution in [3.8, 4) is 0 Å². The van der Waals surface area contributed by atoms with Gasteiger partial charge in [-0.2, -0.15) is 4.84 Å². The zero-order valence-corrected chi connectivity index (χ0v) is 3.96. The van der Waals surface area contributed by atoms with E-state index in [1.807, 2.05) is 0 Å². The van der Waals surface area contributed by atoms with Crippen LogP contribution in [-0.4, -0.2) is 11.5 Å². The van der Waals surface area contributed by atoms with E-state index >= 15 is 0 Å². The lowest BCUT2D eigenvalue weighted by Gasteiger charge is -1.90. The fourth-order valence-corrected chi connectivity index (χ4v) is 0.390. The minimum atomic E-state index is -0.535. The van der Waals surface area contributed by atoms with Crippen LogP contribution in [0.15, 0.2) is 11.9 Å². The Labute approximate surface area is 45.0 Å². The predicted octanol–water partition coefficient (Wildman–Crippen LogP) is -0.361. The van der Waals surface area contributed by atoms with Gasteiger partial charge >= 0.3 is 5.82 Å². The van der Waals surface area contributed by atoms with Crippen molar-refractivity contribution in [3.05, 3.63) is 22.0 Å². The minimum absolute atomic E-state index is 0.0787. The third-order valence-electron chi connectivity index (χ3n) is 0.733. The standard InChI is InChI=1S/C3H4N2O3/c6-5(7)3-1-2-8-4-3/h1,4H,2H2. The number of nitrogens with zero attached hydrogens (tertiary/aromatic N) is 1. The second-order valence-electron chi connectivity index (χ2n) is 1.26. The molecular weight excluding hydrogens is 112 g/mol. The van der Waals surface area contributed by atoms with Gasteiger partial charge in [0.05, 0.1) is 0 Å². The van der Waals surface area contributed by atoms with E-state index in [0.717, 1.165) is 0 Å². The molecule has 0 atom stereocenters. The average Bonchev–Trinajstić information content (AvgIpc) is 2.12. The van der Waals surface area contributed by atoms with Gasteiger partial charge in [-0.25, -0.2) is 0 Å². The van der Waals surface area contributed by atoms with Gasteiger partial charge in [0, 0.05) is 6.08 Å². The van der Waals surface area contributed by atoms with Crippen molar-refractivity contribution in [2.45, 2.75) is 0 Å². The summed E-state index contributed by atoms with van der Waals surface area (Å²) in [5, 5.41) is 9.80. The maximum Gasteiger partial charge on any atom is 0.344 e. The Morgan fingerprint density at radius 3 is 3.00 bits per heavy atom. The SMILES string of the molecule is O=[N+]([O-])C1=CCON1. The fourth-order valence-electron chi connectivity index (χ4n) is 0.390. The van der Waals surface area contributed by atoms with Crippen LogP contribution in [0.4, 0.5) is 0 Å². The van der Waals surface area contributed by atoms with E-state index in [-0.39, 0.29) is 12.4 Å². The Balaban J connectivity index is 2.57. The molecule has 0 amide bonds. The predicted molar refractivity (Wildman–Crippen MR) is 24.2 cm³/mol. The second-order valence-corrected chi connectivity index (χ2v) is 1.26. The third kappa shape index (κ3) is 0.760. The highest BCUT2D eigenvalue weighted by molar-refractivity contribution is 4.90. The molecule has 0 bridgehead atoms. The lowest BCUT2D eigenvalue weighted by molar-refractivity contribution is -0.437. The number of hydroxylamine groups is 1. The Morgan fingerprint density at radius 1 is 2.00 bits per heavy atom. The first kappa shape index (κ1) is 5.04. The highest BCUT2D eigenvalue weighted by Crippen LogP contribution is 1.95. The van der Waals surface area contributed by atoms with Crippen molar-refractivity contribution < 1.29 is 9.76 Å². The molecule has 0 spiro atoms. The third-order valence-corrected chi connectivity index (χ3v) is 0.733. The summed E-state index contributed by atoms with van der Waals surface area (Å²) in [4.78, 5) is 13.7. The molecule has 1 N–H and O–H groups in total. The fraction of sp³-hybridized carbons (Fsp3) is 0.333. The number of hydrogen-bond acceptors (Lipinski definition) is 4. The van der Waals surface area contributed by atoms with Crippen molar-refractivity contribution in [2.24, 2.45) is 0 Å². The van der Waals surface area contributed by atoms with Crippen LogP contribution in [0.5, 0.6) is 0 Å².